The molecule has 2 nitrogen and oxygen atoms in total. The SMILES string of the molecule is OCC(O)C#Cc1ccccc1. The lowest BCUT2D eigenvalue weighted by Gasteiger charge is -1.93. The molecular formula is C10H10O2. The van der Waals surface area contributed by atoms with Gasteiger partial charge < -0.3 is 10.2 Å². The molecule has 0 saturated carbocycles. The van der Waals surface area contributed by atoms with Crippen molar-refractivity contribution in [3.63, 3.8) is 0 Å². The van der Waals surface area contributed by atoms with E-state index in [4.69, 9.17) is 10.2 Å². The van der Waals surface area contributed by atoms with Gasteiger partial charge in [-0.2, -0.15) is 0 Å². The number of aliphatic hydroxyl groups is 2. The third kappa shape index (κ3) is 2.75. The van der Waals surface area contributed by atoms with Crippen molar-refractivity contribution in [1.29, 1.82) is 0 Å². The number of hydrogen-bond acceptors (Lipinski definition) is 2. The van der Waals surface area contributed by atoms with Gasteiger partial charge in [-0.25, -0.2) is 0 Å². The van der Waals surface area contributed by atoms with Gasteiger partial charge in [0.05, 0.1) is 6.61 Å². The Balaban J connectivity index is 2.67. The second-order valence-corrected chi connectivity index (χ2v) is 2.33. The highest BCUT2D eigenvalue weighted by Gasteiger charge is 1.92. The van der Waals surface area contributed by atoms with E-state index in [0.29, 0.717) is 0 Å². The Morgan fingerprint density at radius 1 is 1.25 bits per heavy atom. The lowest BCUT2D eigenvalue weighted by atomic mass is 10.2. The lowest BCUT2D eigenvalue weighted by molar-refractivity contribution is 0.138. The first-order valence-corrected chi connectivity index (χ1v) is 3.68. The van der Waals surface area contributed by atoms with E-state index in [-0.39, 0.29) is 6.61 Å². The van der Waals surface area contributed by atoms with E-state index in [2.05, 4.69) is 11.8 Å². The average Bonchev–Trinajstić information content (AvgIpc) is 2.16. The molecule has 2 N–H and O–H groups in total. The summed E-state index contributed by atoms with van der Waals surface area (Å²) in [5.74, 6) is 5.24. The molecule has 2 heteroatoms. The van der Waals surface area contributed by atoms with Gasteiger partial charge in [0.15, 0.2) is 0 Å². The largest absolute Gasteiger partial charge is 0.393 e. The molecule has 0 aliphatic heterocycles. The van der Waals surface area contributed by atoms with Crippen LogP contribution in [0.25, 0.3) is 0 Å². The van der Waals surface area contributed by atoms with Crippen LogP contribution in [0.1, 0.15) is 5.56 Å². The first-order chi connectivity index (χ1) is 5.83. The van der Waals surface area contributed by atoms with Crippen molar-refractivity contribution in [2.45, 2.75) is 6.10 Å². The molecule has 0 aliphatic rings. The maximum atomic E-state index is 8.90. The van der Waals surface area contributed by atoms with Gasteiger partial charge in [-0.15, -0.1) is 0 Å². The zero-order valence-corrected chi connectivity index (χ0v) is 6.57. The Labute approximate surface area is 71.5 Å². The third-order valence-corrected chi connectivity index (χ3v) is 1.33. The van der Waals surface area contributed by atoms with Crippen LogP contribution in [0.5, 0.6) is 0 Å². The average molecular weight is 162 g/mol. The highest BCUT2D eigenvalue weighted by Crippen LogP contribution is 1.94. The second kappa shape index (κ2) is 4.55. The maximum absolute atomic E-state index is 8.90. The first-order valence-electron chi connectivity index (χ1n) is 3.68. The van der Waals surface area contributed by atoms with Crippen LogP contribution in [0.2, 0.25) is 0 Å². The molecule has 0 fully saturated rings. The standard InChI is InChI=1S/C10H10O2/c11-8-10(12)7-6-9-4-2-1-3-5-9/h1-5,10-12H,8H2. The van der Waals surface area contributed by atoms with Crippen LogP contribution in [0.3, 0.4) is 0 Å². The predicted molar refractivity (Wildman–Crippen MR) is 46.4 cm³/mol. The molecule has 0 aromatic heterocycles. The summed E-state index contributed by atoms with van der Waals surface area (Å²) < 4.78 is 0. The fourth-order valence-electron chi connectivity index (χ4n) is 0.734. The normalized spacial score (nSPS) is 11.5. The molecule has 1 unspecified atom stereocenters. The first kappa shape index (κ1) is 8.79. The van der Waals surface area contributed by atoms with Gasteiger partial charge in [0.25, 0.3) is 0 Å². The van der Waals surface area contributed by atoms with Gasteiger partial charge in [0.1, 0.15) is 6.10 Å². The maximum Gasteiger partial charge on any atom is 0.138 e. The van der Waals surface area contributed by atoms with Crippen molar-refractivity contribution in [2.75, 3.05) is 6.61 Å². The molecule has 1 rings (SSSR count). The summed E-state index contributed by atoms with van der Waals surface area (Å²) in [6.45, 7) is -0.320. The van der Waals surface area contributed by atoms with E-state index in [1.807, 2.05) is 30.3 Å². The van der Waals surface area contributed by atoms with Crippen LogP contribution in [0.4, 0.5) is 0 Å². The molecule has 1 atom stereocenters. The van der Waals surface area contributed by atoms with E-state index < -0.39 is 6.10 Å². The van der Waals surface area contributed by atoms with E-state index >= 15 is 0 Å². The van der Waals surface area contributed by atoms with Crippen molar-refractivity contribution in [3.05, 3.63) is 35.9 Å². The predicted octanol–water partition coefficient (Wildman–Crippen LogP) is 0.391. The fraction of sp³-hybridized carbons (Fsp3) is 0.200. The zero-order valence-electron chi connectivity index (χ0n) is 6.57. The molecule has 0 radical (unpaired) electrons. The molecule has 0 saturated heterocycles. The topological polar surface area (TPSA) is 40.5 Å². The number of hydrogen-bond donors (Lipinski definition) is 2. The van der Waals surface area contributed by atoms with Gasteiger partial charge >= 0.3 is 0 Å². The third-order valence-electron chi connectivity index (χ3n) is 1.33. The molecule has 1 aromatic carbocycles. The summed E-state index contributed by atoms with van der Waals surface area (Å²) in [5.41, 5.74) is 0.838. The minimum atomic E-state index is -0.940. The summed E-state index contributed by atoms with van der Waals surface area (Å²) in [5, 5.41) is 17.4. The lowest BCUT2D eigenvalue weighted by Crippen LogP contribution is -2.07. The van der Waals surface area contributed by atoms with E-state index in [1.165, 1.54) is 0 Å². The minimum Gasteiger partial charge on any atom is -0.393 e. The van der Waals surface area contributed by atoms with Crippen LogP contribution in [0.15, 0.2) is 30.3 Å². The molecular weight excluding hydrogens is 152 g/mol. The van der Waals surface area contributed by atoms with Crippen molar-refractivity contribution < 1.29 is 10.2 Å². The molecule has 0 amide bonds. The summed E-state index contributed by atoms with van der Waals surface area (Å²) >= 11 is 0. The van der Waals surface area contributed by atoms with Crippen molar-refractivity contribution >= 4 is 0 Å². The Hall–Kier alpha value is -1.30. The van der Waals surface area contributed by atoms with Gasteiger partial charge in [-0.05, 0) is 12.1 Å². The summed E-state index contributed by atoms with van der Waals surface area (Å²) in [6, 6.07) is 9.33. The van der Waals surface area contributed by atoms with E-state index in [0.717, 1.165) is 5.56 Å². The summed E-state index contributed by atoms with van der Waals surface area (Å²) in [6.07, 6.45) is -0.940. The molecule has 0 spiro atoms. The number of rotatable bonds is 1. The van der Waals surface area contributed by atoms with Crippen LogP contribution in [0, 0.1) is 11.8 Å². The van der Waals surface area contributed by atoms with E-state index in [9.17, 15) is 0 Å². The van der Waals surface area contributed by atoms with Gasteiger partial charge in [0, 0.05) is 5.56 Å². The van der Waals surface area contributed by atoms with Crippen LogP contribution >= 0.6 is 0 Å². The Bertz CT molecular complexity index is 282. The Morgan fingerprint density at radius 3 is 2.50 bits per heavy atom. The molecule has 1 aromatic rings. The van der Waals surface area contributed by atoms with Crippen molar-refractivity contribution in [3.8, 4) is 11.8 Å². The summed E-state index contributed by atoms with van der Waals surface area (Å²) in [4.78, 5) is 0. The van der Waals surface area contributed by atoms with Crippen LogP contribution in [-0.4, -0.2) is 22.9 Å². The number of benzene rings is 1. The van der Waals surface area contributed by atoms with Crippen LogP contribution in [-0.2, 0) is 0 Å². The quantitative estimate of drug-likeness (QED) is 0.586. The van der Waals surface area contributed by atoms with Gasteiger partial charge in [0.2, 0.25) is 0 Å². The highest BCUT2D eigenvalue weighted by molar-refractivity contribution is 5.34. The van der Waals surface area contributed by atoms with Crippen molar-refractivity contribution in [1.82, 2.24) is 0 Å². The number of aliphatic hydroxyl groups excluding tert-OH is 2. The van der Waals surface area contributed by atoms with Crippen molar-refractivity contribution in [2.24, 2.45) is 0 Å². The molecule has 0 bridgehead atoms. The Kier molecular flexibility index (Phi) is 3.34. The monoisotopic (exact) mass is 162 g/mol. The van der Waals surface area contributed by atoms with Gasteiger partial charge in [-0.1, -0.05) is 30.0 Å². The fourth-order valence-corrected chi connectivity index (χ4v) is 0.734. The minimum absolute atomic E-state index is 0.320. The van der Waals surface area contributed by atoms with Gasteiger partial charge in [-0.3, -0.25) is 0 Å². The van der Waals surface area contributed by atoms with Crippen LogP contribution < -0.4 is 0 Å². The molecule has 12 heavy (non-hydrogen) atoms. The molecule has 0 heterocycles. The molecule has 0 aliphatic carbocycles. The van der Waals surface area contributed by atoms with E-state index in [1.54, 1.807) is 0 Å². The summed E-state index contributed by atoms with van der Waals surface area (Å²) in [7, 11) is 0. The molecule has 62 valence electrons. The smallest absolute Gasteiger partial charge is 0.138 e. The highest BCUT2D eigenvalue weighted by atomic mass is 16.3. The second-order valence-electron chi connectivity index (χ2n) is 2.33. The zero-order chi connectivity index (χ0) is 8.81. The Morgan fingerprint density at radius 2 is 1.92 bits per heavy atom.